The van der Waals surface area contributed by atoms with Crippen LogP contribution in [0.3, 0.4) is 0 Å². The molecule has 0 N–H and O–H groups in total. The summed E-state index contributed by atoms with van der Waals surface area (Å²) in [6.45, 7) is 1.57. The smallest absolute Gasteiger partial charge is 0.159 e. The molecular formula is C10H10OS. The molecule has 0 bridgehead atoms. The number of Topliss-reactive ketones (excluding diaryl/α,β-unsaturated/α-hetero) is 1. The van der Waals surface area contributed by atoms with E-state index in [0.717, 1.165) is 17.5 Å². The van der Waals surface area contributed by atoms with Crippen LogP contribution in [0.25, 0.3) is 0 Å². The summed E-state index contributed by atoms with van der Waals surface area (Å²) in [7, 11) is 0. The third kappa shape index (κ3) is 2.24. The third-order valence-corrected chi connectivity index (χ3v) is 1.82. The highest BCUT2D eigenvalue weighted by Crippen LogP contribution is 2.05. The van der Waals surface area contributed by atoms with Crippen LogP contribution in [0.2, 0.25) is 0 Å². The number of ketones is 1. The Morgan fingerprint density at radius 2 is 2.33 bits per heavy atom. The Bertz CT molecular complexity index is 304. The van der Waals surface area contributed by atoms with E-state index in [1.165, 1.54) is 0 Å². The zero-order chi connectivity index (χ0) is 8.97. The number of rotatable bonds is 3. The molecule has 0 unspecified atom stereocenters. The lowest BCUT2D eigenvalue weighted by Crippen LogP contribution is -1.93. The fourth-order valence-electron chi connectivity index (χ4n) is 1.01. The Morgan fingerprint density at radius 3 is 2.92 bits per heavy atom. The van der Waals surface area contributed by atoms with Crippen molar-refractivity contribution in [1.29, 1.82) is 0 Å². The van der Waals surface area contributed by atoms with Crippen molar-refractivity contribution in [2.24, 2.45) is 0 Å². The van der Waals surface area contributed by atoms with Crippen LogP contribution in [0, 0.1) is 0 Å². The molecule has 0 saturated carbocycles. The SMILES string of the molecule is CC(=O)c1cccc(CC=S)c1. The van der Waals surface area contributed by atoms with Gasteiger partial charge in [-0.1, -0.05) is 30.4 Å². The molecule has 0 aromatic heterocycles. The van der Waals surface area contributed by atoms with Crippen molar-refractivity contribution in [2.75, 3.05) is 0 Å². The molecule has 1 rings (SSSR count). The Kier molecular flexibility index (Phi) is 3.11. The van der Waals surface area contributed by atoms with E-state index in [2.05, 4.69) is 0 Å². The van der Waals surface area contributed by atoms with Crippen LogP contribution < -0.4 is 0 Å². The van der Waals surface area contributed by atoms with E-state index < -0.39 is 0 Å². The summed E-state index contributed by atoms with van der Waals surface area (Å²) >= 11 is 4.73. The van der Waals surface area contributed by atoms with Gasteiger partial charge in [-0.2, -0.15) is 0 Å². The van der Waals surface area contributed by atoms with Gasteiger partial charge in [0.15, 0.2) is 5.78 Å². The monoisotopic (exact) mass is 178 g/mol. The van der Waals surface area contributed by atoms with E-state index in [-0.39, 0.29) is 5.78 Å². The number of hydrogen-bond donors (Lipinski definition) is 0. The highest BCUT2D eigenvalue weighted by Gasteiger charge is 1.98. The minimum atomic E-state index is 0.0984. The molecule has 0 radical (unpaired) electrons. The first kappa shape index (κ1) is 9.07. The second kappa shape index (κ2) is 4.12. The van der Waals surface area contributed by atoms with E-state index in [0.29, 0.717) is 0 Å². The molecule has 1 aromatic rings. The van der Waals surface area contributed by atoms with Crippen LogP contribution in [0.5, 0.6) is 0 Å². The van der Waals surface area contributed by atoms with E-state index in [1.54, 1.807) is 12.3 Å². The molecule has 1 nitrogen and oxygen atoms in total. The second-order valence-corrected chi connectivity index (χ2v) is 2.96. The highest BCUT2D eigenvalue weighted by atomic mass is 32.1. The van der Waals surface area contributed by atoms with Crippen molar-refractivity contribution >= 4 is 23.4 Å². The quantitative estimate of drug-likeness (QED) is 0.522. The van der Waals surface area contributed by atoms with Crippen molar-refractivity contribution in [3.8, 4) is 0 Å². The molecule has 1 aromatic carbocycles. The number of carbonyl (C=O) groups is 1. The minimum absolute atomic E-state index is 0.0984. The van der Waals surface area contributed by atoms with Gasteiger partial charge >= 0.3 is 0 Å². The van der Waals surface area contributed by atoms with Gasteiger partial charge < -0.3 is 0 Å². The van der Waals surface area contributed by atoms with Gasteiger partial charge in [-0.25, -0.2) is 0 Å². The van der Waals surface area contributed by atoms with Crippen molar-refractivity contribution in [3.63, 3.8) is 0 Å². The third-order valence-electron chi connectivity index (χ3n) is 1.65. The Balaban J connectivity index is 2.95. The average Bonchev–Trinajstić information content (AvgIpc) is 2.05. The largest absolute Gasteiger partial charge is 0.295 e. The summed E-state index contributed by atoms with van der Waals surface area (Å²) in [6, 6.07) is 7.54. The van der Waals surface area contributed by atoms with Crippen molar-refractivity contribution in [2.45, 2.75) is 13.3 Å². The molecule has 0 aliphatic heterocycles. The Hall–Kier alpha value is -1.02. The molecule has 0 heterocycles. The van der Waals surface area contributed by atoms with E-state index in [1.807, 2.05) is 24.3 Å². The summed E-state index contributed by atoms with van der Waals surface area (Å²) in [5.74, 6) is 0.0984. The standard InChI is InChI=1S/C10H10OS/c1-8(11)10-4-2-3-9(7-10)5-6-12/h2-4,6-7H,5H2,1H3. The van der Waals surface area contributed by atoms with Gasteiger partial charge in [0, 0.05) is 12.0 Å². The van der Waals surface area contributed by atoms with Gasteiger partial charge in [-0.15, -0.1) is 0 Å². The van der Waals surface area contributed by atoms with Crippen LogP contribution in [0.4, 0.5) is 0 Å². The predicted octanol–water partition coefficient (Wildman–Crippen LogP) is 2.43. The van der Waals surface area contributed by atoms with Gasteiger partial charge in [-0.05, 0) is 23.9 Å². The van der Waals surface area contributed by atoms with Gasteiger partial charge in [0.2, 0.25) is 0 Å². The Labute approximate surface area is 77.4 Å². The van der Waals surface area contributed by atoms with Crippen LogP contribution >= 0.6 is 12.2 Å². The van der Waals surface area contributed by atoms with Crippen LogP contribution in [-0.2, 0) is 6.42 Å². The van der Waals surface area contributed by atoms with E-state index in [9.17, 15) is 4.79 Å². The fourth-order valence-corrected chi connectivity index (χ4v) is 1.21. The summed E-state index contributed by atoms with van der Waals surface area (Å²) in [6.07, 6.45) is 0.746. The maximum atomic E-state index is 11.0. The van der Waals surface area contributed by atoms with E-state index >= 15 is 0 Å². The van der Waals surface area contributed by atoms with Gasteiger partial charge in [-0.3, -0.25) is 4.79 Å². The predicted molar refractivity (Wildman–Crippen MR) is 53.8 cm³/mol. The van der Waals surface area contributed by atoms with Crippen molar-refractivity contribution < 1.29 is 4.79 Å². The molecule has 2 heteroatoms. The van der Waals surface area contributed by atoms with Gasteiger partial charge in [0.25, 0.3) is 0 Å². The van der Waals surface area contributed by atoms with Crippen LogP contribution in [-0.4, -0.2) is 11.2 Å². The summed E-state index contributed by atoms with van der Waals surface area (Å²) < 4.78 is 0. The average molecular weight is 178 g/mol. The zero-order valence-electron chi connectivity index (χ0n) is 6.91. The number of carbonyl (C=O) groups excluding carboxylic acids is 1. The van der Waals surface area contributed by atoms with Gasteiger partial charge in [0.1, 0.15) is 0 Å². The molecule has 62 valence electrons. The lowest BCUT2D eigenvalue weighted by atomic mass is 10.1. The van der Waals surface area contributed by atoms with Crippen molar-refractivity contribution in [1.82, 2.24) is 0 Å². The lowest BCUT2D eigenvalue weighted by molar-refractivity contribution is 0.101. The number of benzene rings is 1. The molecule has 0 aliphatic rings. The van der Waals surface area contributed by atoms with Gasteiger partial charge in [0.05, 0.1) is 0 Å². The first-order chi connectivity index (χ1) is 5.74. The highest BCUT2D eigenvalue weighted by molar-refractivity contribution is 7.78. The molecule has 12 heavy (non-hydrogen) atoms. The zero-order valence-corrected chi connectivity index (χ0v) is 7.73. The molecule has 0 aliphatic carbocycles. The summed E-state index contributed by atoms with van der Waals surface area (Å²) in [4.78, 5) is 11.0. The normalized spacial score (nSPS) is 9.42. The Morgan fingerprint density at radius 1 is 1.58 bits per heavy atom. The maximum Gasteiger partial charge on any atom is 0.159 e. The topological polar surface area (TPSA) is 17.1 Å². The van der Waals surface area contributed by atoms with Crippen LogP contribution in [0.1, 0.15) is 22.8 Å². The molecule has 0 spiro atoms. The molecule has 0 saturated heterocycles. The number of thiocarbonyl (C=S) groups is 1. The van der Waals surface area contributed by atoms with Crippen molar-refractivity contribution in [3.05, 3.63) is 35.4 Å². The lowest BCUT2D eigenvalue weighted by Gasteiger charge is -1.98. The van der Waals surface area contributed by atoms with Crippen LogP contribution in [0.15, 0.2) is 24.3 Å². The summed E-state index contributed by atoms with van der Waals surface area (Å²) in [5, 5.41) is 1.67. The molecule has 0 amide bonds. The molecule has 0 atom stereocenters. The number of hydrogen-bond acceptors (Lipinski definition) is 2. The molecule has 0 fully saturated rings. The fraction of sp³-hybridized carbons (Fsp3) is 0.200. The van der Waals surface area contributed by atoms with E-state index in [4.69, 9.17) is 12.2 Å². The summed E-state index contributed by atoms with van der Waals surface area (Å²) in [5.41, 5.74) is 1.85. The first-order valence-corrected chi connectivity index (χ1v) is 4.24. The first-order valence-electron chi connectivity index (χ1n) is 3.77. The maximum absolute atomic E-state index is 11.0. The molecular weight excluding hydrogens is 168 g/mol. The minimum Gasteiger partial charge on any atom is -0.295 e. The second-order valence-electron chi connectivity index (χ2n) is 2.63.